The minimum Gasteiger partial charge on any atom is -0.652 e. The molecule has 0 aromatic carbocycles. The lowest BCUT2D eigenvalue weighted by atomic mass is 10.7. The zero-order valence-corrected chi connectivity index (χ0v) is 13.6. The molecule has 0 aromatic heterocycles. The van der Waals surface area contributed by atoms with Crippen LogP contribution in [-0.2, 0) is 18.9 Å². The van der Waals surface area contributed by atoms with E-state index >= 15 is 0 Å². The van der Waals surface area contributed by atoms with Gasteiger partial charge in [0.1, 0.15) is 0 Å². The zero-order chi connectivity index (χ0) is 18.9. The van der Waals surface area contributed by atoms with Crippen molar-refractivity contribution in [3.05, 3.63) is 0 Å². The molecular weight excluding hydrogens is 332 g/mol. The summed E-state index contributed by atoms with van der Waals surface area (Å²) in [5.41, 5.74) is 0. The highest BCUT2D eigenvalue weighted by Gasteiger charge is 1.87. The molecule has 0 rings (SSSR count). The van der Waals surface area contributed by atoms with Crippen LogP contribution in [0.3, 0.4) is 0 Å². The molecule has 148 valence electrons. The lowest BCUT2D eigenvalue weighted by Crippen LogP contribution is -2.37. The van der Waals surface area contributed by atoms with Crippen LogP contribution < -0.4 is 10.2 Å². The van der Waals surface area contributed by atoms with Gasteiger partial charge in [0.05, 0.1) is 79.3 Å². The molecule has 11 heteroatoms. The van der Waals surface area contributed by atoms with Gasteiger partial charge in [0.15, 0.2) is 0 Å². The fourth-order valence-electron chi connectivity index (χ4n) is 0.902. The molecule has 0 aliphatic rings. The predicted molar refractivity (Wildman–Crippen MR) is 77.0 cm³/mol. The van der Waals surface area contributed by atoms with E-state index in [0.717, 1.165) is 0 Å². The SMILES string of the molecule is O=C([O-])[O-].OCCOCCOCCO.OCCOCCOCCO. The highest BCUT2D eigenvalue weighted by molar-refractivity contribution is 5.47. The quantitative estimate of drug-likeness (QED) is 0.219. The Bertz CT molecular complexity index is 180. The van der Waals surface area contributed by atoms with Gasteiger partial charge in [0.25, 0.3) is 0 Å². The van der Waals surface area contributed by atoms with Crippen molar-refractivity contribution in [1.82, 2.24) is 0 Å². The van der Waals surface area contributed by atoms with E-state index in [9.17, 15) is 0 Å². The minimum atomic E-state index is -2.33. The van der Waals surface area contributed by atoms with Crippen LogP contribution in [0.1, 0.15) is 0 Å². The number of carboxylic acid groups (broad SMARTS) is 2. The molecule has 0 amide bonds. The third kappa shape index (κ3) is 49.7. The molecule has 4 N–H and O–H groups in total. The number of aliphatic hydroxyl groups excluding tert-OH is 4. The van der Waals surface area contributed by atoms with E-state index in [1.54, 1.807) is 0 Å². The van der Waals surface area contributed by atoms with Gasteiger partial charge in [-0.3, -0.25) is 0 Å². The summed E-state index contributed by atoms with van der Waals surface area (Å²) >= 11 is 0. The van der Waals surface area contributed by atoms with E-state index in [1.807, 2.05) is 0 Å². The maximum atomic E-state index is 8.33. The highest BCUT2D eigenvalue weighted by atomic mass is 16.6. The molecule has 11 nitrogen and oxygen atoms in total. The third-order valence-corrected chi connectivity index (χ3v) is 1.69. The van der Waals surface area contributed by atoms with Crippen molar-refractivity contribution < 1.29 is 54.4 Å². The van der Waals surface area contributed by atoms with Crippen molar-refractivity contribution in [2.75, 3.05) is 79.3 Å². The first-order chi connectivity index (χ1) is 11.6. The van der Waals surface area contributed by atoms with Crippen molar-refractivity contribution in [1.29, 1.82) is 0 Å². The van der Waals surface area contributed by atoms with Crippen molar-refractivity contribution in [2.45, 2.75) is 0 Å². The molecule has 0 saturated carbocycles. The van der Waals surface area contributed by atoms with E-state index in [-0.39, 0.29) is 26.4 Å². The Hall–Kier alpha value is -1.05. The lowest BCUT2D eigenvalue weighted by molar-refractivity contribution is -0.415. The summed E-state index contributed by atoms with van der Waals surface area (Å²) in [6.45, 7) is 3.46. The second-order valence-electron chi connectivity index (χ2n) is 3.59. The van der Waals surface area contributed by atoms with Crippen molar-refractivity contribution in [2.24, 2.45) is 0 Å². The maximum Gasteiger partial charge on any atom is 0.0701 e. The second kappa shape index (κ2) is 29.9. The Morgan fingerprint density at radius 3 is 0.833 bits per heavy atom. The minimum absolute atomic E-state index is 0.0417. The number of hydrogen-bond acceptors (Lipinski definition) is 11. The van der Waals surface area contributed by atoms with Crippen LogP contribution in [0.4, 0.5) is 4.79 Å². The molecule has 0 fully saturated rings. The van der Waals surface area contributed by atoms with Gasteiger partial charge in [-0.1, -0.05) is 0 Å². The molecule has 24 heavy (non-hydrogen) atoms. The number of aliphatic hydroxyl groups is 4. The summed E-state index contributed by atoms with van der Waals surface area (Å²) in [5, 5.41) is 49.7. The van der Waals surface area contributed by atoms with Crippen LogP contribution in [0.2, 0.25) is 0 Å². The van der Waals surface area contributed by atoms with Gasteiger partial charge in [-0.05, 0) is 6.16 Å². The van der Waals surface area contributed by atoms with E-state index in [4.69, 9.17) is 54.4 Å². The zero-order valence-electron chi connectivity index (χ0n) is 13.6. The number of carbonyl (C=O) groups is 1. The largest absolute Gasteiger partial charge is 0.652 e. The van der Waals surface area contributed by atoms with Crippen molar-refractivity contribution in [3.8, 4) is 0 Å². The van der Waals surface area contributed by atoms with E-state index < -0.39 is 6.16 Å². The Morgan fingerprint density at radius 2 is 0.708 bits per heavy atom. The fraction of sp³-hybridized carbons (Fsp3) is 0.923. The summed E-state index contributed by atoms with van der Waals surface area (Å²) in [7, 11) is 0. The topological polar surface area (TPSA) is 181 Å². The van der Waals surface area contributed by atoms with Crippen LogP contribution >= 0.6 is 0 Å². The molecule has 0 atom stereocenters. The van der Waals surface area contributed by atoms with E-state index in [0.29, 0.717) is 52.9 Å². The molecule has 0 aliphatic heterocycles. The standard InChI is InChI=1S/2C6H14O4.CH2O3/c2*7-1-3-9-5-6-10-4-2-8;2-1(3)4/h2*7-8H,1-6H2;(H2,2,3,4)/p-2. The van der Waals surface area contributed by atoms with E-state index in [1.165, 1.54) is 0 Å². The lowest BCUT2D eigenvalue weighted by Gasteiger charge is -2.01. The smallest absolute Gasteiger partial charge is 0.0701 e. The van der Waals surface area contributed by atoms with Gasteiger partial charge in [0, 0.05) is 0 Å². The number of hydrogen-bond donors (Lipinski definition) is 4. The first-order valence-electron chi connectivity index (χ1n) is 7.19. The van der Waals surface area contributed by atoms with Gasteiger partial charge in [-0.15, -0.1) is 0 Å². The maximum absolute atomic E-state index is 8.33. The molecule has 0 aromatic rings. The monoisotopic (exact) mass is 360 g/mol. The first-order valence-corrected chi connectivity index (χ1v) is 7.19. The molecule has 0 saturated heterocycles. The summed E-state index contributed by atoms with van der Waals surface area (Å²) in [5.74, 6) is 0. The van der Waals surface area contributed by atoms with Gasteiger partial charge in [-0.25, -0.2) is 0 Å². The van der Waals surface area contributed by atoms with E-state index in [2.05, 4.69) is 0 Å². The molecule has 0 unspecified atom stereocenters. The highest BCUT2D eigenvalue weighted by Crippen LogP contribution is 1.77. The molecule has 0 spiro atoms. The Morgan fingerprint density at radius 1 is 0.542 bits per heavy atom. The van der Waals surface area contributed by atoms with Crippen LogP contribution in [0.25, 0.3) is 0 Å². The number of carbonyl (C=O) groups excluding carboxylic acids is 1. The van der Waals surface area contributed by atoms with Crippen LogP contribution in [0.5, 0.6) is 0 Å². The average Bonchev–Trinajstić information content (AvgIpc) is 2.54. The number of rotatable bonds is 14. The molecular formula is C13H28O11-2. The normalized spacial score (nSPS) is 9.50. The van der Waals surface area contributed by atoms with Crippen molar-refractivity contribution in [3.63, 3.8) is 0 Å². The van der Waals surface area contributed by atoms with Gasteiger partial charge < -0.3 is 54.4 Å². The van der Waals surface area contributed by atoms with Gasteiger partial charge in [-0.2, -0.15) is 0 Å². The fourth-order valence-corrected chi connectivity index (χ4v) is 0.902. The van der Waals surface area contributed by atoms with Crippen LogP contribution in [-0.4, -0.2) is 106 Å². The molecule has 0 bridgehead atoms. The Kier molecular flexibility index (Phi) is 34.6. The summed E-state index contributed by atoms with van der Waals surface area (Å²) in [6.07, 6.45) is -2.33. The summed E-state index contributed by atoms with van der Waals surface area (Å²) in [6, 6.07) is 0. The molecule has 0 heterocycles. The molecule has 0 aliphatic carbocycles. The second-order valence-corrected chi connectivity index (χ2v) is 3.59. The van der Waals surface area contributed by atoms with Crippen LogP contribution in [0, 0.1) is 0 Å². The Labute approximate surface area is 141 Å². The first kappa shape index (κ1) is 27.8. The predicted octanol–water partition coefficient (Wildman–Crippen LogP) is -4.44. The Balaban J connectivity index is -0.000000301. The summed E-state index contributed by atoms with van der Waals surface area (Å²) in [4.78, 5) is 8.33. The average molecular weight is 360 g/mol. The third-order valence-electron chi connectivity index (χ3n) is 1.69. The molecule has 0 radical (unpaired) electrons. The van der Waals surface area contributed by atoms with Gasteiger partial charge in [0.2, 0.25) is 0 Å². The van der Waals surface area contributed by atoms with Gasteiger partial charge >= 0.3 is 0 Å². The van der Waals surface area contributed by atoms with Crippen molar-refractivity contribution >= 4 is 6.16 Å². The van der Waals surface area contributed by atoms with Crippen LogP contribution in [0.15, 0.2) is 0 Å². The number of ether oxygens (including phenoxy) is 4. The summed E-state index contributed by atoms with van der Waals surface area (Å²) < 4.78 is 19.5.